The van der Waals surface area contributed by atoms with E-state index in [9.17, 15) is 8.78 Å². The Morgan fingerprint density at radius 3 is 2.45 bits per heavy atom. The van der Waals surface area contributed by atoms with Gasteiger partial charge in [-0.05, 0) is 30.0 Å². The molecule has 0 aromatic heterocycles. The smallest absolute Gasteiger partial charge is 0.159 e. The lowest BCUT2D eigenvalue weighted by atomic mass is 9.98. The van der Waals surface area contributed by atoms with Gasteiger partial charge in [0.05, 0.1) is 0 Å². The van der Waals surface area contributed by atoms with Gasteiger partial charge in [0.1, 0.15) is 0 Å². The summed E-state index contributed by atoms with van der Waals surface area (Å²) < 4.78 is 26.5. The van der Waals surface area contributed by atoms with Gasteiger partial charge in [-0.2, -0.15) is 0 Å². The zero-order chi connectivity index (χ0) is 13.2. The van der Waals surface area contributed by atoms with Gasteiger partial charge in [-0.1, -0.05) is 18.9 Å². The number of halogens is 3. The molecule has 2 aliphatic rings. The highest BCUT2D eigenvalue weighted by molar-refractivity contribution is 5.85. The molecule has 1 aliphatic carbocycles. The maximum atomic E-state index is 13.5. The van der Waals surface area contributed by atoms with Gasteiger partial charge in [0.15, 0.2) is 11.6 Å². The molecule has 1 heterocycles. The number of hydrogen-bond donors (Lipinski definition) is 1. The van der Waals surface area contributed by atoms with Crippen molar-refractivity contribution in [1.29, 1.82) is 0 Å². The first-order chi connectivity index (χ1) is 9.24. The second-order valence-corrected chi connectivity index (χ2v) is 5.65. The average Bonchev–Trinajstić information content (AvgIpc) is 3.24. The summed E-state index contributed by atoms with van der Waals surface area (Å²) in [5.74, 6) is -0.712. The zero-order valence-electron chi connectivity index (χ0n) is 11.4. The number of nitrogens with zero attached hydrogens (tertiary/aromatic N) is 1. The lowest BCUT2D eigenvalue weighted by Crippen LogP contribution is -2.45. The minimum absolute atomic E-state index is 0. The third kappa shape index (κ3) is 3.68. The fourth-order valence-electron chi connectivity index (χ4n) is 2.88. The van der Waals surface area contributed by atoms with Crippen molar-refractivity contribution in [3.63, 3.8) is 0 Å². The molecule has 1 aromatic carbocycles. The van der Waals surface area contributed by atoms with E-state index in [-0.39, 0.29) is 18.4 Å². The third-order valence-corrected chi connectivity index (χ3v) is 4.17. The molecule has 3 rings (SSSR count). The minimum atomic E-state index is -0.755. The van der Waals surface area contributed by atoms with Crippen LogP contribution in [0, 0.1) is 17.6 Å². The van der Waals surface area contributed by atoms with Crippen LogP contribution in [-0.2, 0) is 0 Å². The summed E-state index contributed by atoms with van der Waals surface area (Å²) in [6.45, 7) is 3.92. The summed E-state index contributed by atoms with van der Waals surface area (Å²) in [5, 5.41) is 3.33. The second kappa shape index (κ2) is 6.83. The highest BCUT2D eigenvalue weighted by atomic mass is 35.5. The average molecular weight is 303 g/mol. The van der Waals surface area contributed by atoms with Gasteiger partial charge >= 0.3 is 0 Å². The van der Waals surface area contributed by atoms with Crippen LogP contribution in [-0.4, -0.2) is 31.1 Å². The first-order valence-corrected chi connectivity index (χ1v) is 7.14. The molecule has 1 saturated carbocycles. The van der Waals surface area contributed by atoms with Crippen LogP contribution in [0.5, 0.6) is 0 Å². The molecule has 2 nitrogen and oxygen atoms in total. The van der Waals surface area contributed by atoms with Crippen molar-refractivity contribution in [3.05, 3.63) is 35.4 Å². The van der Waals surface area contributed by atoms with E-state index < -0.39 is 11.6 Å². The van der Waals surface area contributed by atoms with Crippen LogP contribution >= 0.6 is 12.4 Å². The Balaban J connectivity index is 0.00000147. The predicted octanol–water partition coefficient (Wildman–Crippen LogP) is 3.13. The molecule has 1 aliphatic heterocycles. The fourth-order valence-corrected chi connectivity index (χ4v) is 2.88. The molecule has 0 spiro atoms. The first kappa shape index (κ1) is 15.7. The molecule has 112 valence electrons. The van der Waals surface area contributed by atoms with Crippen LogP contribution in [0.3, 0.4) is 0 Å². The standard InChI is InChI=1S/C15H20F2N2.ClH/c16-13-4-3-12(10-14(13)17)15(9-11-1-2-11)19-7-5-18-6-8-19;/h3-4,10-11,15,18H,1-2,5-9H2;1H/t15-;/m0./s1. The van der Waals surface area contributed by atoms with Crippen molar-refractivity contribution in [2.75, 3.05) is 26.2 Å². The Labute approximate surface area is 124 Å². The molecular weight excluding hydrogens is 282 g/mol. The number of piperazine rings is 1. The highest BCUT2D eigenvalue weighted by Crippen LogP contribution is 2.40. The lowest BCUT2D eigenvalue weighted by Gasteiger charge is -2.35. The van der Waals surface area contributed by atoms with Gasteiger partial charge in [0.2, 0.25) is 0 Å². The molecule has 20 heavy (non-hydrogen) atoms. The summed E-state index contributed by atoms with van der Waals surface area (Å²) in [5.41, 5.74) is 0.924. The van der Waals surface area contributed by atoms with E-state index in [1.165, 1.54) is 25.0 Å². The number of rotatable bonds is 4. The molecule has 0 unspecified atom stereocenters. The molecule has 1 atom stereocenters. The van der Waals surface area contributed by atoms with E-state index in [4.69, 9.17) is 0 Å². The van der Waals surface area contributed by atoms with Crippen molar-refractivity contribution >= 4 is 12.4 Å². The molecular formula is C15H21ClF2N2. The third-order valence-electron chi connectivity index (χ3n) is 4.17. The normalized spacial score (nSPS) is 21.3. The number of nitrogens with one attached hydrogen (secondary N) is 1. The van der Waals surface area contributed by atoms with E-state index in [0.717, 1.165) is 44.1 Å². The summed E-state index contributed by atoms with van der Waals surface area (Å²) >= 11 is 0. The number of benzene rings is 1. The van der Waals surface area contributed by atoms with Gasteiger partial charge < -0.3 is 5.32 Å². The Morgan fingerprint density at radius 2 is 1.85 bits per heavy atom. The van der Waals surface area contributed by atoms with Crippen LogP contribution < -0.4 is 5.32 Å². The molecule has 0 bridgehead atoms. The summed E-state index contributed by atoms with van der Waals surface area (Å²) in [4.78, 5) is 2.40. The predicted molar refractivity (Wildman–Crippen MR) is 78.1 cm³/mol. The Kier molecular flexibility index (Phi) is 5.35. The van der Waals surface area contributed by atoms with Crippen molar-refractivity contribution in [1.82, 2.24) is 10.2 Å². The summed E-state index contributed by atoms with van der Waals surface area (Å²) in [6, 6.07) is 4.62. The van der Waals surface area contributed by atoms with Crippen molar-refractivity contribution in [2.45, 2.75) is 25.3 Å². The van der Waals surface area contributed by atoms with Crippen LogP contribution in [0.1, 0.15) is 30.9 Å². The van der Waals surface area contributed by atoms with Crippen molar-refractivity contribution in [2.24, 2.45) is 5.92 Å². The van der Waals surface area contributed by atoms with Crippen molar-refractivity contribution in [3.8, 4) is 0 Å². The second-order valence-electron chi connectivity index (χ2n) is 5.65. The minimum Gasteiger partial charge on any atom is -0.314 e. The van der Waals surface area contributed by atoms with Crippen LogP contribution in [0.15, 0.2) is 18.2 Å². The van der Waals surface area contributed by atoms with E-state index in [1.807, 2.05) is 0 Å². The fraction of sp³-hybridized carbons (Fsp3) is 0.600. The zero-order valence-corrected chi connectivity index (χ0v) is 12.3. The van der Waals surface area contributed by atoms with Gasteiger partial charge in [-0.15, -0.1) is 12.4 Å². The van der Waals surface area contributed by atoms with Crippen LogP contribution in [0.2, 0.25) is 0 Å². The highest BCUT2D eigenvalue weighted by Gasteiger charge is 2.30. The number of hydrogen-bond acceptors (Lipinski definition) is 2. The Bertz CT molecular complexity index is 445. The quantitative estimate of drug-likeness (QED) is 0.919. The maximum Gasteiger partial charge on any atom is 0.159 e. The van der Waals surface area contributed by atoms with E-state index >= 15 is 0 Å². The van der Waals surface area contributed by atoms with Crippen LogP contribution in [0.4, 0.5) is 8.78 Å². The first-order valence-electron chi connectivity index (χ1n) is 7.14. The monoisotopic (exact) mass is 302 g/mol. The largest absolute Gasteiger partial charge is 0.314 e. The molecule has 1 N–H and O–H groups in total. The van der Waals surface area contributed by atoms with Gasteiger partial charge in [0, 0.05) is 32.2 Å². The van der Waals surface area contributed by atoms with Crippen molar-refractivity contribution < 1.29 is 8.78 Å². The van der Waals surface area contributed by atoms with E-state index in [0.29, 0.717) is 0 Å². The summed E-state index contributed by atoms with van der Waals surface area (Å²) in [7, 11) is 0. The molecule has 1 saturated heterocycles. The molecule has 0 radical (unpaired) electrons. The molecule has 2 fully saturated rings. The molecule has 0 amide bonds. The Morgan fingerprint density at radius 1 is 1.15 bits per heavy atom. The van der Waals surface area contributed by atoms with Gasteiger partial charge in [-0.3, -0.25) is 4.90 Å². The molecule has 1 aromatic rings. The maximum absolute atomic E-state index is 13.5. The SMILES string of the molecule is Cl.Fc1ccc([C@H](CC2CC2)N2CCNCC2)cc1F. The molecule has 5 heteroatoms. The summed E-state index contributed by atoms with van der Waals surface area (Å²) in [6.07, 6.45) is 3.64. The Hall–Kier alpha value is -0.710. The topological polar surface area (TPSA) is 15.3 Å². The van der Waals surface area contributed by atoms with Gasteiger partial charge in [0.25, 0.3) is 0 Å². The van der Waals surface area contributed by atoms with E-state index in [1.54, 1.807) is 6.07 Å². The van der Waals surface area contributed by atoms with E-state index in [2.05, 4.69) is 10.2 Å². The van der Waals surface area contributed by atoms with Crippen LogP contribution in [0.25, 0.3) is 0 Å². The lowest BCUT2D eigenvalue weighted by molar-refractivity contribution is 0.160. The van der Waals surface area contributed by atoms with Gasteiger partial charge in [-0.25, -0.2) is 8.78 Å².